The van der Waals surface area contributed by atoms with E-state index in [0.717, 1.165) is 5.56 Å². The van der Waals surface area contributed by atoms with Gasteiger partial charge in [0.1, 0.15) is 11.8 Å². The van der Waals surface area contributed by atoms with Crippen molar-refractivity contribution in [1.82, 2.24) is 5.32 Å². The molecule has 3 rings (SSSR count). The van der Waals surface area contributed by atoms with Crippen molar-refractivity contribution in [3.8, 4) is 16.9 Å². The Kier molecular flexibility index (Phi) is 7.92. The maximum atomic E-state index is 12.6. The van der Waals surface area contributed by atoms with E-state index >= 15 is 0 Å². The molecule has 0 aliphatic carbocycles. The van der Waals surface area contributed by atoms with Crippen LogP contribution in [0, 0.1) is 0 Å². The van der Waals surface area contributed by atoms with Gasteiger partial charge in [-0.2, -0.15) is 0 Å². The molecule has 0 bridgehead atoms. The average molecular weight is 488 g/mol. The number of carboxylic acid groups (broad SMARTS) is 2. The molecule has 0 spiro atoms. The Hall–Kier alpha value is -3.55. The Bertz CT molecular complexity index is 1160. The lowest BCUT2D eigenvalue weighted by Crippen LogP contribution is -2.42. The second-order valence-corrected chi connectivity index (χ2v) is 7.85. The molecule has 0 saturated heterocycles. The number of nitrogens with one attached hydrogen (secondary N) is 1. The number of hydrogen-bond acceptors (Lipinski definition) is 4. The van der Waals surface area contributed by atoms with Gasteiger partial charge >= 0.3 is 11.9 Å². The maximum Gasteiger partial charge on any atom is 0.341 e. The van der Waals surface area contributed by atoms with Gasteiger partial charge in [0.25, 0.3) is 5.91 Å². The molecule has 0 radical (unpaired) electrons. The lowest BCUT2D eigenvalue weighted by Gasteiger charge is -2.16. The summed E-state index contributed by atoms with van der Waals surface area (Å²) in [4.78, 5) is 35.1. The van der Waals surface area contributed by atoms with E-state index in [1.54, 1.807) is 54.6 Å². The first-order valence-electron chi connectivity index (χ1n) is 9.77. The molecule has 0 saturated carbocycles. The predicted octanol–water partition coefficient (Wildman–Crippen LogP) is 4.55. The van der Waals surface area contributed by atoms with E-state index in [0.29, 0.717) is 16.9 Å². The minimum atomic E-state index is -1.21. The van der Waals surface area contributed by atoms with Crippen LogP contribution in [0.15, 0.2) is 66.7 Å². The third kappa shape index (κ3) is 6.25. The molecule has 3 aromatic rings. The van der Waals surface area contributed by atoms with Crippen LogP contribution in [0.4, 0.5) is 0 Å². The highest BCUT2D eigenvalue weighted by Gasteiger charge is 2.24. The maximum absolute atomic E-state index is 12.6. The van der Waals surface area contributed by atoms with E-state index in [9.17, 15) is 19.5 Å². The van der Waals surface area contributed by atoms with Crippen molar-refractivity contribution >= 4 is 41.0 Å². The van der Waals surface area contributed by atoms with E-state index in [4.69, 9.17) is 33.0 Å². The van der Waals surface area contributed by atoms with E-state index in [2.05, 4.69) is 5.32 Å². The van der Waals surface area contributed by atoms with Crippen molar-refractivity contribution in [3.63, 3.8) is 0 Å². The van der Waals surface area contributed by atoms with Gasteiger partial charge in [0.15, 0.2) is 6.61 Å². The largest absolute Gasteiger partial charge is 0.481 e. The Labute approximate surface area is 199 Å². The molecule has 1 unspecified atom stereocenters. The first-order valence-corrected chi connectivity index (χ1v) is 10.5. The highest BCUT2D eigenvalue weighted by Crippen LogP contribution is 2.30. The van der Waals surface area contributed by atoms with Gasteiger partial charge < -0.3 is 20.3 Å². The van der Waals surface area contributed by atoms with Gasteiger partial charge in [0.2, 0.25) is 0 Å². The molecule has 1 atom stereocenters. The number of carboxylic acids is 2. The van der Waals surface area contributed by atoms with Crippen molar-refractivity contribution < 1.29 is 29.3 Å². The summed E-state index contributed by atoms with van der Waals surface area (Å²) in [6.07, 6.45) is 0.0284. The zero-order chi connectivity index (χ0) is 24.0. The number of rotatable bonds is 9. The molecule has 3 N–H and O–H groups in total. The van der Waals surface area contributed by atoms with Crippen molar-refractivity contribution in [2.24, 2.45) is 0 Å². The minimum absolute atomic E-state index is 0.0143. The van der Waals surface area contributed by atoms with Gasteiger partial charge in [0, 0.05) is 12.0 Å². The fraction of sp³-hybridized carbons (Fsp3) is 0.125. The predicted molar refractivity (Wildman–Crippen MR) is 124 cm³/mol. The first kappa shape index (κ1) is 24.1. The summed E-state index contributed by atoms with van der Waals surface area (Å²) in [5, 5.41) is 21.2. The van der Waals surface area contributed by atoms with Crippen molar-refractivity contribution in [1.29, 1.82) is 0 Å². The highest BCUT2D eigenvalue weighted by molar-refractivity contribution is 6.39. The van der Waals surface area contributed by atoms with E-state index < -0.39 is 30.5 Å². The summed E-state index contributed by atoms with van der Waals surface area (Å²) in [5.41, 5.74) is 2.14. The van der Waals surface area contributed by atoms with Crippen LogP contribution in [0.1, 0.15) is 15.9 Å². The third-order valence-corrected chi connectivity index (χ3v) is 5.37. The fourth-order valence-corrected chi connectivity index (χ4v) is 3.74. The number of carbonyl (C=O) groups is 3. The molecular formula is C24H19Cl2NO6. The van der Waals surface area contributed by atoms with Gasteiger partial charge in [-0.1, -0.05) is 71.7 Å². The lowest BCUT2D eigenvalue weighted by molar-refractivity contribution is -0.140. The molecule has 0 fully saturated rings. The van der Waals surface area contributed by atoms with E-state index in [-0.39, 0.29) is 22.0 Å². The molecule has 9 heteroatoms. The number of carbonyl (C=O) groups excluding carboxylic acids is 1. The number of amides is 1. The average Bonchev–Trinajstić information content (AvgIpc) is 2.78. The summed E-state index contributed by atoms with van der Waals surface area (Å²) in [6, 6.07) is 17.4. The SMILES string of the molecule is O=C(O)COc1ccccc1-c1ccc(CC(NC(=O)c2c(Cl)cccc2Cl)C(=O)O)cc1. The normalized spacial score (nSPS) is 11.5. The van der Waals surface area contributed by atoms with Gasteiger partial charge in [0.05, 0.1) is 15.6 Å². The Balaban J connectivity index is 1.76. The van der Waals surface area contributed by atoms with Crippen LogP contribution < -0.4 is 10.1 Å². The number of ether oxygens (including phenoxy) is 1. The zero-order valence-corrected chi connectivity index (χ0v) is 18.6. The number of halogens is 2. The van der Waals surface area contributed by atoms with E-state index in [1.165, 1.54) is 12.1 Å². The van der Waals surface area contributed by atoms with Crippen LogP contribution >= 0.6 is 23.2 Å². The van der Waals surface area contributed by atoms with Crippen molar-refractivity contribution in [3.05, 3.63) is 87.9 Å². The Morgan fingerprint density at radius 3 is 2.12 bits per heavy atom. The molecule has 0 aliphatic heterocycles. The molecule has 170 valence electrons. The number of benzene rings is 3. The van der Waals surface area contributed by atoms with Crippen LogP contribution in [0.3, 0.4) is 0 Å². The van der Waals surface area contributed by atoms with Gasteiger partial charge in [-0.15, -0.1) is 0 Å². The lowest BCUT2D eigenvalue weighted by atomic mass is 10.00. The number of para-hydroxylation sites is 1. The second-order valence-electron chi connectivity index (χ2n) is 7.04. The molecular weight excluding hydrogens is 469 g/mol. The zero-order valence-electron chi connectivity index (χ0n) is 17.1. The summed E-state index contributed by atoms with van der Waals surface area (Å²) in [6.45, 7) is -0.468. The van der Waals surface area contributed by atoms with Gasteiger partial charge in [-0.3, -0.25) is 4.79 Å². The number of aliphatic carboxylic acids is 2. The molecule has 7 nitrogen and oxygen atoms in total. The Morgan fingerprint density at radius 1 is 0.879 bits per heavy atom. The quantitative estimate of drug-likeness (QED) is 0.408. The summed E-state index contributed by atoms with van der Waals surface area (Å²) in [7, 11) is 0. The summed E-state index contributed by atoms with van der Waals surface area (Å²) < 4.78 is 5.34. The number of hydrogen-bond donors (Lipinski definition) is 3. The molecule has 3 aromatic carbocycles. The topological polar surface area (TPSA) is 113 Å². The van der Waals surface area contributed by atoms with Gasteiger partial charge in [-0.25, -0.2) is 9.59 Å². The fourth-order valence-electron chi connectivity index (χ4n) is 3.17. The molecule has 0 heterocycles. The molecule has 1 amide bonds. The summed E-state index contributed by atoms with van der Waals surface area (Å²) in [5.74, 6) is -2.55. The monoisotopic (exact) mass is 487 g/mol. The standard InChI is InChI=1S/C24H19Cl2NO6/c25-17-5-3-6-18(26)22(17)23(30)27-19(24(31)32)12-14-8-10-15(11-9-14)16-4-1-2-7-20(16)33-13-21(28)29/h1-11,19H,12-13H2,(H,27,30)(H,28,29)(H,31,32). The van der Waals surface area contributed by atoms with Crippen molar-refractivity contribution in [2.75, 3.05) is 6.61 Å². The van der Waals surface area contributed by atoms with Crippen LogP contribution in [-0.2, 0) is 16.0 Å². The Morgan fingerprint density at radius 2 is 1.52 bits per heavy atom. The van der Waals surface area contributed by atoms with E-state index in [1.807, 2.05) is 0 Å². The van der Waals surface area contributed by atoms with Crippen LogP contribution in [0.25, 0.3) is 11.1 Å². The minimum Gasteiger partial charge on any atom is -0.481 e. The molecule has 33 heavy (non-hydrogen) atoms. The first-order chi connectivity index (χ1) is 15.8. The van der Waals surface area contributed by atoms with Crippen molar-refractivity contribution in [2.45, 2.75) is 12.5 Å². The van der Waals surface area contributed by atoms with Crippen LogP contribution in [0.5, 0.6) is 5.75 Å². The smallest absolute Gasteiger partial charge is 0.341 e. The summed E-state index contributed by atoms with van der Waals surface area (Å²) >= 11 is 12.1. The highest BCUT2D eigenvalue weighted by atomic mass is 35.5. The third-order valence-electron chi connectivity index (χ3n) is 4.74. The second kappa shape index (κ2) is 10.8. The van der Waals surface area contributed by atoms with Crippen LogP contribution in [-0.4, -0.2) is 40.7 Å². The molecule has 0 aliphatic rings. The van der Waals surface area contributed by atoms with Gasteiger partial charge in [-0.05, 0) is 29.3 Å². The van der Waals surface area contributed by atoms with Crippen LogP contribution in [0.2, 0.25) is 10.0 Å². The molecule has 0 aromatic heterocycles.